The largest absolute Gasteiger partial charge is 0.330 e. The maximum atomic E-state index is 13.2. The van der Waals surface area contributed by atoms with Crippen LogP contribution in [0, 0.1) is 5.82 Å². The average Bonchev–Trinajstić information content (AvgIpc) is 2.12. The number of nitrogens with one attached hydrogen (secondary N) is 1. The lowest BCUT2D eigenvalue weighted by Crippen LogP contribution is -2.17. The highest BCUT2D eigenvalue weighted by atomic mass is 79.9. The van der Waals surface area contributed by atoms with E-state index in [1.165, 1.54) is 6.07 Å². The number of amides is 1. The van der Waals surface area contributed by atoms with Gasteiger partial charge in [0.1, 0.15) is 5.82 Å². The minimum Gasteiger partial charge on any atom is -0.330 e. The molecule has 0 spiro atoms. The molecule has 1 amide bonds. The number of hydrogen-bond donors (Lipinski definition) is 2. The number of carbonyl (C=O) groups is 1. The second-order valence-electron chi connectivity index (χ2n) is 2.68. The summed E-state index contributed by atoms with van der Waals surface area (Å²) in [4.78, 5) is 11.1. The van der Waals surface area contributed by atoms with Crippen molar-refractivity contribution < 1.29 is 9.18 Å². The Labute approximate surface area is 89.6 Å². The zero-order valence-electron chi connectivity index (χ0n) is 7.39. The molecule has 0 heterocycles. The van der Waals surface area contributed by atoms with E-state index in [4.69, 9.17) is 5.73 Å². The molecule has 0 atom stereocenters. The highest BCUT2D eigenvalue weighted by molar-refractivity contribution is 9.10. The van der Waals surface area contributed by atoms with Crippen molar-refractivity contribution in [3.05, 3.63) is 28.5 Å². The van der Waals surface area contributed by atoms with Crippen LogP contribution < -0.4 is 11.1 Å². The molecule has 3 N–H and O–H groups in total. The summed E-state index contributed by atoms with van der Waals surface area (Å²) in [5.74, 6) is -0.761. The molecule has 0 radical (unpaired) electrons. The maximum absolute atomic E-state index is 13.2. The Morgan fingerprint density at radius 3 is 2.86 bits per heavy atom. The van der Waals surface area contributed by atoms with Gasteiger partial charge in [0.05, 0.1) is 5.69 Å². The van der Waals surface area contributed by atoms with Crippen LogP contribution in [0.2, 0.25) is 0 Å². The molecular formula is C9H10BrFN2O. The van der Waals surface area contributed by atoms with Crippen molar-refractivity contribution in [3.63, 3.8) is 0 Å². The van der Waals surface area contributed by atoms with Crippen molar-refractivity contribution in [2.45, 2.75) is 6.42 Å². The second kappa shape index (κ2) is 5.07. The molecule has 0 aromatic heterocycles. The van der Waals surface area contributed by atoms with E-state index in [2.05, 4.69) is 21.2 Å². The lowest BCUT2D eigenvalue weighted by molar-refractivity contribution is -0.116. The van der Waals surface area contributed by atoms with Crippen molar-refractivity contribution in [1.29, 1.82) is 0 Å². The molecule has 0 saturated carbocycles. The van der Waals surface area contributed by atoms with Crippen LogP contribution in [0.1, 0.15) is 6.42 Å². The molecule has 0 aliphatic heterocycles. The highest BCUT2D eigenvalue weighted by Gasteiger charge is 2.08. The Morgan fingerprint density at radius 1 is 1.57 bits per heavy atom. The van der Waals surface area contributed by atoms with Gasteiger partial charge in [-0.15, -0.1) is 0 Å². The van der Waals surface area contributed by atoms with Crippen molar-refractivity contribution in [3.8, 4) is 0 Å². The first-order chi connectivity index (χ1) is 6.65. The SMILES string of the molecule is NCCC(=O)Nc1c(F)cccc1Br. The first-order valence-corrected chi connectivity index (χ1v) is 4.88. The molecule has 0 fully saturated rings. The number of halogens is 2. The van der Waals surface area contributed by atoms with E-state index in [0.717, 1.165) is 0 Å². The molecule has 0 aliphatic carbocycles. The van der Waals surface area contributed by atoms with Gasteiger partial charge in [0, 0.05) is 17.4 Å². The Balaban J connectivity index is 2.80. The van der Waals surface area contributed by atoms with Gasteiger partial charge in [-0.2, -0.15) is 0 Å². The summed E-state index contributed by atoms with van der Waals surface area (Å²) < 4.78 is 13.7. The number of anilines is 1. The number of para-hydroxylation sites is 1. The standard InChI is InChI=1S/C9H10BrFN2O/c10-6-2-1-3-7(11)9(6)13-8(14)4-5-12/h1-3H,4-5,12H2,(H,13,14). The van der Waals surface area contributed by atoms with Crippen LogP contribution in [0.3, 0.4) is 0 Å². The molecule has 0 aliphatic rings. The summed E-state index contributed by atoms with van der Waals surface area (Å²) in [5, 5.41) is 2.44. The predicted molar refractivity (Wildman–Crippen MR) is 56.4 cm³/mol. The van der Waals surface area contributed by atoms with E-state index in [0.29, 0.717) is 4.47 Å². The summed E-state index contributed by atoms with van der Waals surface area (Å²) in [6, 6.07) is 4.49. The first-order valence-electron chi connectivity index (χ1n) is 4.09. The normalized spacial score (nSPS) is 9.93. The topological polar surface area (TPSA) is 55.1 Å². The van der Waals surface area contributed by atoms with Gasteiger partial charge in [-0.1, -0.05) is 6.07 Å². The minimum atomic E-state index is -0.468. The zero-order chi connectivity index (χ0) is 10.6. The van der Waals surface area contributed by atoms with E-state index in [9.17, 15) is 9.18 Å². The van der Waals surface area contributed by atoms with E-state index < -0.39 is 5.82 Å². The van der Waals surface area contributed by atoms with Crippen LogP contribution in [-0.2, 0) is 4.79 Å². The summed E-state index contributed by atoms with van der Waals surface area (Å²) in [7, 11) is 0. The Kier molecular flexibility index (Phi) is 4.03. The lowest BCUT2D eigenvalue weighted by atomic mass is 10.3. The van der Waals surface area contributed by atoms with E-state index in [1.807, 2.05) is 0 Å². The van der Waals surface area contributed by atoms with Gasteiger partial charge in [0.25, 0.3) is 0 Å². The smallest absolute Gasteiger partial charge is 0.225 e. The third kappa shape index (κ3) is 2.78. The van der Waals surface area contributed by atoms with Gasteiger partial charge in [-0.25, -0.2) is 4.39 Å². The van der Waals surface area contributed by atoms with Crippen LogP contribution >= 0.6 is 15.9 Å². The number of benzene rings is 1. The van der Waals surface area contributed by atoms with Crippen molar-refractivity contribution in [2.24, 2.45) is 5.73 Å². The van der Waals surface area contributed by atoms with Crippen LogP contribution in [-0.4, -0.2) is 12.5 Å². The predicted octanol–water partition coefficient (Wildman–Crippen LogP) is 1.88. The fourth-order valence-corrected chi connectivity index (χ4v) is 1.39. The molecule has 1 rings (SSSR count). The Morgan fingerprint density at radius 2 is 2.29 bits per heavy atom. The average molecular weight is 261 g/mol. The third-order valence-electron chi connectivity index (χ3n) is 1.60. The molecule has 1 aromatic carbocycles. The molecule has 76 valence electrons. The Hall–Kier alpha value is -0.940. The van der Waals surface area contributed by atoms with Gasteiger partial charge >= 0.3 is 0 Å². The lowest BCUT2D eigenvalue weighted by Gasteiger charge is -2.07. The maximum Gasteiger partial charge on any atom is 0.225 e. The molecule has 14 heavy (non-hydrogen) atoms. The van der Waals surface area contributed by atoms with Crippen molar-refractivity contribution >= 4 is 27.5 Å². The summed E-state index contributed by atoms with van der Waals surface area (Å²) in [6.45, 7) is 0.248. The van der Waals surface area contributed by atoms with Gasteiger partial charge < -0.3 is 11.1 Å². The molecule has 5 heteroatoms. The molecular weight excluding hydrogens is 251 g/mol. The first kappa shape index (κ1) is 11.1. The molecule has 3 nitrogen and oxygen atoms in total. The van der Waals surface area contributed by atoms with E-state index >= 15 is 0 Å². The van der Waals surface area contributed by atoms with Gasteiger partial charge in [0.15, 0.2) is 0 Å². The highest BCUT2D eigenvalue weighted by Crippen LogP contribution is 2.24. The minimum absolute atomic E-state index is 0.158. The fraction of sp³-hybridized carbons (Fsp3) is 0.222. The molecule has 1 aromatic rings. The van der Waals surface area contributed by atoms with Crippen LogP contribution in [0.25, 0.3) is 0 Å². The number of nitrogens with two attached hydrogens (primary N) is 1. The van der Waals surface area contributed by atoms with E-state index in [1.54, 1.807) is 12.1 Å². The van der Waals surface area contributed by atoms with Crippen LogP contribution in [0.4, 0.5) is 10.1 Å². The summed E-state index contributed by atoms with van der Waals surface area (Å²) in [5.41, 5.74) is 5.35. The number of rotatable bonds is 3. The van der Waals surface area contributed by atoms with Crippen molar-refractivity contribution in [2.75, 3.05) is 11.9 Å². The molecule has 0 unspecified atom stereocenters. The van der Waals surface area contributed by atoms with Crippen LogP contribution in [0.5, 0.6) is 0 Å². The summed E-state index contributed by atoms with van der Waals surface area (Å²) in [6.07, 6.45) is 0.181. The second-order valence-corrected chi connectivity index (χ2v) is 3.54. The third-order valence-corrected chi connectivity index (χ3v) is 2.26. The number of hydrogen-bond acceptors (Lipinski definition) is 2. The van der Waals surface area contributed by atoms with E-state index in [-0.39, 0.29) is 24.6 Å². The van der Waals surface area contributed by atoms with Crippen LogP contribution in [0.15, 0.2) is 22.7 Å². The Bertz CT molecular complexity index is 323. The number of carbonyl (C=O) groups excluding carboxylic acids is 1. The summed E-state index contributed by atoms with van der Waals surface area (Å²) >= 11 is 3.14. The van der Waals surface area contributed by atoms with Gasteiger partial charge in [-0.3, -0.25) is 4.79 Å². The van der Waals surface area contributed by atoms with Gasteiger partial charge in [0.2, 0.25) is 5.91 Å². The van der Waals surface area contributed by atoms with Crippen molar-refractivity contribution in [1.82, 2.24) is 0 Å². The zero-order valence-corrected chi connectivity index (χ0v) is 8.97. The quantitative estimate of drug-likeness (QED) is 0.872. The molecule has 0 saturated heterocycles. The molecule has 0 bridgehead atoms. The fourth-order valence-electron chi connectivity index (χ4n) is 0.950. The van der Waals surface area contributed by atoms with Gasteiger partial charge in [-0.05, 0) is 28.1 Å². The monoisotopic (exact) mass is 260 g/mol.